The fourth-order valence-electron chi connectivity index (χ4n) is 2.56. The van der Waals surface area contributed by atoms with Crippen molar-refractivity contribution in [3.8, 4) is 5.75 Å². The molecule has 1 aliphatic rings. The van der Waals surface area contributed by atoms with Crippen molar-refractivity contribution in [1.29, 1.82) is 0 Å². The number of aliphatic hydroxyl groups excluding tert-OH is 1. The monoisotopic (exact) mass is 276 g/mol. The minimum Gasteiger partial charge on any atom is -0.506 e. The SMILES string of the molecule is CC(O)CC1CCCN1C(=O)/C=C/c1cncc(O)c1. The van der Waals surface area contributed by atoms with E-state index in [9.17, 15) is 15.0 Å². The summed E-state index contributed by atoms with van der Waals surface area (Å²) in [5.74, 6) is 0.0178. The summed E-state index contributed by atoms with van der Waals surface area (Å²) in [6.45, 7) is 2.48. The number of nitrogens with zero attached hydrogens (tertiary/aromatic N) is 2. The third kappa shape index (κ3) is 3.81. The molecule has 1 fully saturated rings. The first-order valence-corrected chi connectivity index (χ1v) is 6.87. The van der Waals surface area contributed by atoms with Crippen molar-refractivity contribution < 1.29 is 15.0 Å². The highest BCUT2D eigenvalue weighted by Gasteiger charge is 2.28. The lowest BCUT2D eigenvalue weighted by atomic mass is 10.1. The zero-order chi connectivity index (χ0) is 14.5. The molecule has 2 atom stereocenters. The number of aromatic nitrogens is 1. The first-order chi connectivity index (χ1) is 9.56. The molecule has 5 nitrogen and oxygen atoms in total. The Morgan fingerprint density at radius 1 is 1.60 bits per heavy atom. The topological polar surface area (TPSA) is 73.7 Å². The molecule has 1 amide bonds. The second-order valence-corrected chi connectivity index (χ2v) is 5.22. The molecule has 2 heterocycles. The van der Waals surface area contributed by atoms with Crippen molar-refractivity contribution >= 4 is 12.0 Å². The molecule has 1 aromatic rings. The summed E-state index contributed by atoms with van der Waals surface area (Å²) in [6, 6.07) is 1.67. The Morgan fingerprint density at radius 3 is 3.10 bits per heavy atom. The minimum atomic E-state index is -0.396. The van der Waals surface area contributed by atoms with E-state index in [0.717, 1.165) is 19.4 Å². The van der Waals surface area contributed by atoms with Crippen LogP contribution in [0.4, 0.5) is 0 Å². The summed E-state index contributed by atoms with van der Waals surface area (Å²) in [6.07, 6.45) is 8.21. The van der Waals surface area contributed by atoms with E-state index in [2.05, 4.69) is 4.98 Å². The van der Waals surface area contributed by atoms with Gasteiger partial charge in [0.15, 0.2) is 0 Å². The van der Waals surface area contributed by atoms with Crippen LogP contribution in [0, 0.1) is 0 Å². The molecule has 0 saturated carbocycles. The molecule has 2 rings (SSSR count). The summed E-state index contributed by atoms with van der Waals surface area (Å²) in [7, 11) is 0. The lowest BCUT2D eigenvalue weighted by Gasteiger charge is -2.24. The van der Waals surface area contributed by atoms with Crippen molar-refractivity contribution in [1.82, 2.24) is 9.88 Å². The largest absolute Gasteiger partial charge is 0.506 e. The van der Waals surface area contributed by atoms with Crippen LogP contribution in [0.1, 0.15) is 31.7 Å². The Hall–Kier alpha value is -1.88. The fraction of sp³-hybridized carbons (Fsp3) is 0.467. The smallest absolute Gasteiger partial charge is 0.246 e. The van der Waals surface area contributed by atoms with Crippen LogP contribution in [0.15, 0.2) is 24.5 Å². The molecule has 0 radical (unpaired) electrons. The molecule has 0 bridgehead atoms. The summed E-state index contributed by atoms with van der Waals surface area (Å²) in [5, 5.41) is 18.8. The van der Waals surface area contributed by atoms with Gasteiger partial charge in [-0.15, -0.1) is 0 Å². The van der Waals surface area contributed by atoms with Crippen LogP contribution in [0.5, 0.6) is 5.75 Å². The van der Waals surface area contributed by atoms with Crippen LogP contribution < -0.4 is 0 Å². The van der Waals surface area contributed by atoms with Gasteiger partial charge in [0, 0.05) is 24.9 Å². The molecule has 2 unspecified atom stereocenters. The van der Waals surface area contributed by atoms with Crippen LogP contribution in [0.25, 0.3) is 6.08 Å². The number of amides is 1. The molecule has 5 heteroatoms. The van der Waals surface area contributed by atoms with Crippen molar-refractivity contribution in [2.45, 2.75) is 38.3 Å². The highest BCUT2D eigenvalue weighted by Crippen LogP contribution is 2.22. The van der Waals surface area contributed by atoms with Gasteiger partial charge in [-0.3, -0.25) is 9.78 Å². The van der Waals surface area contributed by atoms with Gasteiger partial charge in [-0.1, -0.05) is 0 Å². The molecule has 1 aliphatic heterocycles. The fourth-order valence-corrected chi connectivity index (χ4v) is 2.56. The number of rotatable bonds is 4. The lowest BCUT2D eigenvalue weighted by molar-refractivity contribution is -0.127. The van der Waals surface area contributed by atoms with E-state index in [1.54, 1.807) is 30.2 Å². The Kier molecular flexibility index (Phi) is 4.74. The van der Waals surface area contributed by atoms with Gasteiger partial charge in [0.25, 0.3) is 0 Å². The number of aromatic hydroxyl groups is 1. The zero-order valence-electron chi connectivity index (χ0n) is 11.6. The number of aliphatic hydroxyl groups is 1. The van der Waals surface area contributed by atoms with Crippen LogP contribution >= 0.6 is 0 Å². The molecule has 20 heavy (non-hydrogen) atoms. The number of pyridine rings is 1. The number of hydrogen-bond acceptors (Lipinski definition) is 4. The third-order valence-electron chi connectivity index (χ3n) is 3.44. The predicted molar refractivity (Wildman–Crippen MR) is 76.0 cm³/mol. The van der Waals surface area contributed by atoms with Crippen LogP contribution in [-0.4, -0.2) is 44.7 Å². The first kappa shape index (κ1) is 14.5. The van der Waals surface area contributed by atoms with Crippen molar-refractivity contribution in [2.24, 2.45) is 0 Å². The number of hydrogen-bond donors (Lipinski definition) is 2. The van der Waals surface area contributed by atoms with E-state index in [1.807, 2.05) is 0 Å². The highest BCUT2D eigenvalue weighted by atomic mass is 16.3. The van der Waals surface area contributed by atoms with Crippen molar-refractivity contribution in [2.75, 3.05) is 6.54 Å². The van der Waals surface area contributed by atoms with Crippen molar-refractivity contribution in [3.63, 3.8) is 0 Å². The van der Waals surface area contributed by atoms with E-state index < -0.39 is 6.10 Å². The Balaban J connectivity index is 2.00. The van der Waals surface area contributed by atoms with Gasteiger partial charge in [0.1, 0.15) is 5.75 Å². The maximum absolute atomic E-state index is 12.2. The lowest BCUT2D eigenvalue weighted by Crippen LogP contribution is -2.36. The molecule has 0 aliphatic carbocycles. The minimum absolute atomic E-state index is 0.0588. The third-order valence-corrected chi connectivity index (χ3v) is 3.44. The predicted octanol–water partition coefficient (Wildman–Crippen LogP) is 1.56. The van der Waals surface area contributed by atoms with Gasteiger partial charge < -0.3 is 15.1 Å². The average Bonchev–Trinajstić information content (AvgIpc) is 2.83. The first-order valence-electron chi connectivity index (χ1n) is 6.87. The van der Waals surface area contributed by atoms with Crippen LogP contribution in [-0.2, 0) is 4.79 Å². The molecule has 0 spiro atoms. The molecule has 1 saturated heterocycles. The maximum atomic E-state index is 12.2. The van der Waals surface area contributed by atoms with Gasteiger partial charge >= 0.3 is 0 Å². The normalized spacial score (nSPS) is 20.5. The summed E-state index contributed by atoms with van der Waals surface area (Å²) in [4.78, 5) is 17.8. The zero-order valence-corrected chi connectivity index (χ0v) is 11.6. The number of carbonyl (C=O) groups excluding carboxylic acids is 1. The molecule has 108 valence electrons. The number of carbonyl (C=O) groups is 1. The van der Waals surface area contributed by atoms with E-state index >= 15 is 0 Å². The number of likely N-dealkylation sites (tertiary alicyclic amines) is 1. The molecule has 1 aromatic heterocycles. The van der Waals surface area contributed by atoms with Crippen LogP contribution in [0.2, 0.25) is 0 Å². The average molecular weight is 276 g/mol. The Morgan fingerprint density at radius 2 is 2.40 bits per heavy atom. The van der Waals surface area contributed by atoms with E-state index in [-0.39, 0.29) is 17.7 Å². The summed E-state index contributed by atoms with van der Waals surface area (Å²) in [5.41, 5.74) is 0.685. The standard InChI is InChI=1S/C15H20N2O3/c1-11(18)7-13-3-2-6-17(13)15(20)5-4-12-8-14(19)10-16-9-12/h4-5,8-11,13,18-19H,2-3,6-7H2,1H3/b5-4+. The van der Waals surface area contributed by atoms with Gasteiger partial charge in [-0.2, -0.15) is 0 Å². The summed E-state index contributed by atoms with van der Waals surface area (Å²) >= 11 is 0. The maximum Gasteiger partial charge on any atom is 0.246 e. The van der Waals surface area contributed by atoms with Gasteiger partial charge in [-0.05, 0) is 43.9 Å². The van der Waals surface area contributed by atoms with Gasteiger partial charge in [-0.25, -0.2) is 0 Å². The summed E-state index contributed by atoms with van der Waals surface area (Å²) < 4.78 is 0. The van der Waals surface area contributed by atoms with Gasteiger partial charge in [0.2, 0.25) is 5.91 Å². The van der Waals surface area contributed by atoms with E-state index in [1.165, 1.54) is 12.3 Å². The molecule has 0 aromatic carbocycles. The van der Waals surface area contributed by atoms with E-state index in [4.69, 9.17) is 0 Å². The molecule has 2 N–H and O–H groups in total. The second-order valence-electron chi connectivity index (χ2n) is 5.22. The molecular weight excluding hydrogens is 256 g/mol. The highest BCUT2D eigenvalue weighted by molar-refractivity contribution is 5.92. The van der Waals surface area contributed by atoms with Gasteiger partial charge in [0.05, 0.1) is 12.3 Å². The van der Waals surface area contributed by atoms with Crippen molar-refractivity contribution in [3.05, 3.63) is 30.1 Å². The quantitative estimate of drug-likeness (QED) is 0.819. The second kappa shape index (κ2) is 6.52. The van der Waals surface area contributed by atoms with Crippen LogP contribution in [0.3, 0.4) is 0 Å². The Bertz CT molecular complexity index is 500. The Labute approximate surface area is 118 Å². The molecular formula is C15H20N2O3. The van der Waals surface area contributed by atoms with E-state index in [0.29, 0.717) is 12.0 Å².